The highest BCUT2D eigenvalue weighted by atomic mass is 79.9. The molecule has 4 nitrogen and oxygen atoms in total. The van der Waals surface area contributed by atoms with Gasteiger partial charge in [-0.1, -0.05) is 0 Å². The van der Waals surface area contributed by atoms with Crippen LogP contribution in [0.25, 0.3) is 0 Å². The Hall–Kier alpha value is -0.820. The van der Waals surface area contributed by atoms with Crippen molar-refractivity contribution in [3.05, 3.63) is 31.9 Å². The van der Waals surface area contributed by atoms with Crippen molar-refractivity contribution in [2.45, 2.75) is 12.3 Å². The van der Waals surface area contributed by atoms with Crippen LogP contribution in [-0.4, -0.2) is 9.91 Å². The van der Waals surface area contributed by atoms with Crippen molar-refractivity contribution in [2.24, 2.45) is 0 Å². The second-order valence-corrected chi connectivity index (χ2v) is 3.61. The Balaban J connectivity index is 3.47. The zero-order chi connectivity index (χ0) is 11.6. The maximum atomic E-state index is 12.5. The summed E-state index contributed by atoms with van der Waals surface area (Å²) in [6.07, 6.45) is -2.97. The highest BCUT2D eigenvalue weighted by Gasteiger charge is 2.27. The Labute approximate surface area is 96.5 Å². The lowest BCUT2D eigenvalue weighted by molar-refractivity contribution is -0.391. The second-order valence-electron chi connectivity index (χ2n) is 2.53. The number of nitro groups is 1. The van der Waals surface area contributed by atoms with Crippen LogP contribution in [0.5, 0.6) is 0 Å². The standard InChI is InChI=1S/C7H4BrClF2N2O2/c8-4-1-3(2-9)5(6(10)11)7(12-4)13(14)15/h1,6H,2H2. The molecule has 0 bridgehead atoms. The Morgan fingerprint density at radius 2 is 2.27 bits per heavy atom. The molecule has 0 aliphatic heterocycles. The number of pyridine rings is 1. The molecule has 0 aliphatic rings. The first-order chi connectivity index (χ1) is 6.97. The van der Waals surface area contributed by atoms with E-state index in [4.69, 9.17) is 11.6 Å². The fourth-order valence-electron chi connectivity index (χ4n) is 1.05. The van der Waals surface area contributed by atoms with E-state index in [2.05, 4.69) is 20.9 Å². The summed E-state index contributed by atoms with van der Waals surface area (Å²) in [6, 6.07) is 1.24. The third-order valence-electron chi connectivity index (χ3n) is 1.63. The summed E-state index contributed by atoms with van der Waals surface area (Å²) in [7, 11) is 0. The Kier molecular flexibility index (Phi) is 3.92. The Morgan fingerprint density at radius 1 is 1.67 bits per heavy atom. The van der Waals surface area contributed by atoms with Crippen LogP contribution >= 0.6 is 27.5 Å². The van der Waals surface area contributed by atoms with Gasteiger partial charge in [-0.25, -0.2) is 8.78 Å². The summed E-state index contributed by atoms with van der Waals surface area (Å²) in [5, 5.41) is 10.5. The maximum Gasteiger partial charge on any atom is 0.373 e. The molecule has 0 unspecified atom stereocenters. The molecule has 15 heavy (non-hydrogen) atoms. The lowest BCUT2D eigenvalue weighted by Crippen LogP contribution is -2.03. The van der Waals surface area contributed by atoms with Gasteiger partial charge >= 0.3 is 5.82 Å². The maximum absolute atomic E-state index is 12.5. The zero-order valence-electron chi connectivity index (χ0n) is 7.08. The van der Waals surface area contributed by atoms with Crippen LogP contribution in [0, 0.1) is 10.1 Å². The molecule has 0 N–H and O–H groups in total. The van der Waals surface area contributed by atoms with E-state index in [0.717, 1.165) is 0 Å². The molecule has 1 aromatic rings. The first kappa shape index (κ1) is 12.3. The number of nitrogens with zero attached hydrogens (tertiary/aromatic N) is 2. The zero-order valence-corrected chi connectivity index (χ0v) is 9.43. The van der Waals surface area contributed by atoms with Crippen molar-refractivity contribution in [1.82, 2.24) is 4.98 Å². The molecule has 1 aromatic heterocycles. The van der Waals surface area contributed by atoms with Crippen molar-refractivity contribution in [1.29, 1.82) is 0 Å². The topological polar surface area (TPSA) is 56.0 Å². The van der Waals surface area contributed by atoms with Crippen molar-refractivity contribution in [2.75, 3.05) is 0 Å². The van der Waals surface area contributed by atoms with Gasteiger partial charge in [0.15, 0.2) is 0 Å². The molecule has 1 heterocycles. The molecule has 0 spiro atoms. The summed E-state index contributed by atoms with van der Waals surface area (Å²) < 4.78 is 25.2. The van der Waals surface area contributed by atoms with Gasteiger partial charge in [-0.2, -0.15) is 0 Å². The van der Waals surface area contributed by atoms with Crippen LogP contribution in [0.2, 0.25) is 0 Å². The van der Waals surface area contributed by atoms with Crippen molar-refractivity contribution in [3.63, 3.8) is 0 Å². The molecule has 0 atom stereocenters. The van der Waals surface area contributed by atoms with Crippen LogP contribution in [0.3, 0.4) is 0 Å². The van der Waals surface area contributed by atoms with Gasteiger partial charge in [-0.05, 0) is 15.5 Å². The number of hydrogen-bond acceptors (Lipinski definition) is 3. The van der Waals surface area contributed by atoms with Crippen LogP contribution in [0.1, 0.15) is 17.6 Å². The lowest BCUT2D eigenvalue weighted by Gasteiger charge is -2.05. The quantitative estimate of drug-likeness (QED) is 0.372. The van der Waals surface area contributed by atoms with Gasteiger partial charge in [0.1, 0.15) is 5.56 Å². The van der Waals surface area contributed by atoms with Crippen LogP contribution in [-0.2, 0) is 5.88 Å². The smallest absolute Gasteiger partial charge is 0.358 e. The van der Waals surface area contributed by atoms with Crippen molar-refractivity contribution < 1.29 is 13.7 Å². The minimum absolute atomic E-state index is 0.000224. The predicted octanol–water partition coefficient (Wildman–Crippen LogP) is 3.43. The molecular weight excluding hydrogens is 297 g/mol. The predicted molar refractivity (Wildman–Crippen MR) is 53.1 cm³/mol. The highest BCUT2D eigenvalue weighted by Crippen LogP contribution is 2.33. The lowest BCUT2D eigenvalue weighted by atomic mass is 10.1. The summed E-state index contributed by atoms with van der Waals surface area (Å²) in [6.45, 7) is 0. The van der Waals surface area contributed by atoms with Crippen LogP contribution in [0.4, 0.5) is 14.6 Å². The largest absolute Gasteiger partial charge is 0.373 e. The first-order valence-corrected chi connectivity index (χ1v) is 4.98. The molecule has 0 saturated carbocycles. The van der Waals surface area contributed by atoms with E-state index in [0.29, 0.717) is 0 Å². The van der Waals surface area contributed by atoms with Crippen molar-refractivity contribution >= 4 is 33.3 Å². The molecule has 0 aliphatic carbocycles. The van der Waals surface area contributed by atoms with Crippen molar-refractivity contribution in [3.8, 4) is 0 Å². The van der Waals surface area contributed by atoms with E-state index in [9.17, 15) is 18.9 Å². The van der Waals surface area contributed by atoms with Crippen LogP contribution < -0.4 is 0 Å². The summed E-state index contributed by atoms with van der Waals surface area (Å²) in [5.74, 6) is -1.10. The summed E-state index contributed by atoms with van der Waals surface area (Å²) in [4.78, 5) is 12.9. The van der Waals surface area contributed by atoms with Crippen LogP contribution in [0.15, 0.2) is 10.7 Å². The van der Waals surface area contributed by atoms with Gasteiger partial charge in [0, 0.05) is 27.9 Å². The molecule has 0 fully saturated rings. The second kappa shape index (κ2) is 4.80. The van der Waals surface area contributed by atoms with Gasteiger partial charge in [0.05, 0.1) is 0 Å². The summed E-state index contributed by atoms with van der Waals surface area (Å²) >= 11 is 8.31. The Morgan fingerprint density at radius 3 is 2.67 bits per heavy atom. The number of aromatic nitrogens is 1. The molecular formula is C7H4BrClF2N2O2. The number of hydrogen-bond donors (Lipinski definition) is 0. The van der Waals surface area contributed by atoms with E-state index in [1.54, 1.807) is 0 Å². The van der Waals surface area contributed by atoms with Gasteiger partial charge < -0.3 is 10.1 Å². The number of rotatable bonds is 3. The molecule has 0 amide bonds. The molecule has 82 valence electrons. The third-order valence-corrected chi connectivity index (χ3v) is 2.32. The van der Waals surface area contributed by atoms with Gasteiger partial charge in [-0.15, -0.1) is 11.6 Å². The number of alkyl halides is 3. The van der Waals surface area contributed by atoms with Gasteiger partial charge in [0.2, 0.25) is 4.60 Å². The number of halogens is 4. The fraction of sp³-hybridized carbons (Fsp3) is 0.286. The summed E-state index contributed by atoms with van der Waals surface area (Å²) in [5.41, 5.74) is -0.724. The minimum Gasteiger partial charge on any atom is -0.358 e. The monoisotopic (exact) mass is 300 g/mol. The van der Waals surface area contributed by atoms with E-state index < -0.39 is 22.7 Å². The van der Waals surface area contributed by atoms with Gasteiger partial charge in [-0.3, -0.25) is 0 Å². The average Bonchev–Trinajstić information content (AvgIpc) is 2.15. The molecule has 0 radical (unpaired) electrons. The van der Waals surface area contributed by atoms with E-state index in [-0.39, 0.29) is 16.0 Å². The van der Waals surface area contributed by atoms with E-state index >= 15 is 0 Å². The Bertz CT molecular complexity index is 403. The minimum atomic E-state index is -2.97. The third kappa shape index (κ3) is 2.60. The molecule has 8 heteroatoms. The normalized spacial score (nSPS) is 10.7. The highest BCUT2D eigenvalue weighted by molar-refractivity contribution is 9.10. The first-order valence-electron chi connectivity index (χ1n) is 3.65. The molecule has 0 aromatic carbocycles. The molecule has 1 rings (SSSR count). The van der Waals surface area contributed by atoms with E-state index in [1.165, 1.54) is 6.07 Å². The SMILES string of the molecule is O=[N+]([O-])c1nc(Br)cc(CCl)c1C(F)F. The average molecular weight is 301 g/mol. The molecule has 0 saturated heterocycles. The van der Waals surface area contributed by atoms with E-state index in [1.807, 2.05) is 0 Å². The van der Waals surface area contributed by atoms with Gasteiger partial charge in [0.25, 0.3) is 6.43 Å². The fourth-order valence-corrected chi connectivity index (χ4v) is 1.71.